The van der Waals surface area contributed by atoms with Crippen molar-refractivity contribution in [1.82, 2.24) is 0 Å². The minimum absolute atomic E-state index is 0.496. The van der Waals surface area contributed by atoms with Crippen LogP contribution in [0.15, 0.2) is 24.3 Å². The van der Waals surface area contributed by atoms with Crippen LogP contribution in [0.4, 0.5) is 0 Å². The summed E-state index contributed by atoms with van der Waals surface area (Å²) in [7, 11) is 1.29. The van der Waals surface area contributed by atoms with Gasteiger partial charge in [0.2, 0.25) is 0 Å². The summed E-state index contributed by atoms with van der Waals surface area (Å²) in [6.07, 6.45) is 2.37. The fourth-order valence-electron chi connectivity index (χ4n) is 2.09. The van der Waals surface area contributed by atoms with E-state index in [1.807, 2.05) is 18.2 Å². The maximum Gasteiger partial charge on any atom is 0.339 e. The van der Waals surface area contributed by atoms with Gasteiger partial charge in [-0.2, -0.15) is 0 Å². The number of aliphatic hydroxyl groups excluding tert-OH is 1. The lowest BCUT2D eigenvalue weighted by Gasteiger charge is -2.28. The Balaban J connectivity index is 2.28. The highest BCUT2D eigenvalue weighted by molar-refractivity contribution is 5.76. The molecule has 3 heteroatoms. The first-order valence-corrected chi connectivity index (χ1v) is 5.58. The lowest BCUT2D eigenvalue weighted by Crippen LogP contribution is -2.18. The Labute approximate surface area is 95.0 Å². The summed E-state index contributed by atoms with van der Waals surface area (Å²) in [5, 5.41) is 9.86. The van der Waals surface area contributed by atoms with Gasteiger partial charge in [0, 0.05) is 0 Å². The molecule has 1 atom stereocenters. The van der Waals surface area contributed by atoms with Gasteiger partial charge in [-0.05, 0) is 29.9 Å². The van der Waals surface area contributed by atoms with Crippen molar-refractivity contribution >= 4 is 5.97 Å². The quantitative estimate of drug-likeness (QED) is 0.794. The van der Waals surface area contributed by atoms with E-state index < -0.39 is 12.1 Å². The third-order valence-corrected chi connectivity index (χ3v) is 3.26. The average Bonchev–Trinajstić information content (AvgIpc) is 2.25. The van der Waals surface area contributed by atoms with Gasteiger partial charge in [0.25, 0.3) is 0 Å². The second kappa shape index (κ2) is 4.66. The summed E-state index contributed by atoms with van der Waals surface area (Å²) in [6.45, 7) is 0. The first kappa shape index (κ1) is 11.1. The molecular weight excluding hydrogens is 204 g/mol. The van der Waals surface area contributed by atoms with E-state index in [4.69, 9.17) is 0 Å². The molecule has 86 valence electrons. The van der Waals surface area contributed by atoms with Gasteiger partial charge in [-0.15, -0.1) is 0 Å². The van der Waals surface area contributed by atoms with E-state index in [2.05, 4.69) is 4.74 Å². The molecule has 0 saturated heterocycles. The van der Waals surface area contributed by atoms with Crippen molar-refractivity contribution in [2.24, 2.45) is 0 Å². The predicted octanol–water partition coefficient (Wildman–Crippen LogP) is 2.16. The summed E-state index contributed by atoms with van der Waals surface area (Å²) in [5.41, 5.74) is 1.78. The van der Waals surface area contributed by atoms with Gasteiger partial charge in [0.15, 0.2) is 6.10 Å². The number of aliphatic hydroxyl groups is 1. The van der Waals surface area contributed by atoms with Gasteiger partial charge in [-0.25, -0.2) is 4.79 Å². The topological polar surface area (TPSA) is 46.5 Å². The number of hydrogen-bond acceptors (Lipinski definition) is 3. The van der Waals surface area contributed by atoms with Crippen LogP contribution in [0, 0.1) is 0 Å². The molecule has 1 saturated carbocycles. The highest BCUT2D eigenvalue weighted by Crippen LogP contribution is 2.39. The van der Waals surface area contributed by atoms with Gasteiger partial charge >= 0.3 is 5.97 Å². The third kappa shape index (κ3) is 1.95. The molecule has 16 heavy (non-hydrogen) atoms. The van der Waals surface area contributed by atoms with Crippen molar-refractivity contribution in [3.63, 3.8) is 0 Å². The lowest BCUT2D eigenvalue weighted by atomic mass is 9.77. The van der Waals surface area contributed by atoms with Crippen LogP contribution in [0.25, 0.3) is 0 Å². The molecule has 0 aliphatic heterocycles. The zero-order chi connectivity index (χ0) is 11.5. The molecule has 1 fully saturated rings. The van der Waals surface area contributed by atoms with Crippen LogP contribution in [0.3, 0.4) is 0 Å². The monoisotopic (exact) mass is 220 g/mol. The summed E-state index contributed by atoms with van der Waals surface area (Å²) in [5.74, 6) is -0.0951. The zero-order valence-electron chi connectivity index (χ0n) is 9.35. The van der Waals surface area contributed by atoms with Gasteiger partial charge in [0.1, 0.15) is 0 Å². The van der Waals surface area contributed by atoms with Crippen molar-refractivity contribution in [3.05, 3.63) is 35.4 Å². The number of benzene rings is 1. The largest absolute Gasteiger partial charge is 0.467 e. The molecule has 0 spiro atoms. The summed E-state index contributed by atoms with van der Waals surface area (Å²) < 4.78 is 4.56. The average molecular weight is 220 g/mol. The van der Waals surface area contributed by atoms with Gasteiger partial charge in [-0.3, -0.25) is 0 Å². The Morgan fingerprint density at radius 1 is 1.44 bits per heavy atom. The van der Waals surface area contributed by atoms with Crippen molar-refractivity contribution in [2.75, 3.05) is 7.11 Å². The molecule has 0 heterocycles. The molecule has 3 nitrogen and oxygen atoms in total. The Morgan fingerprint density at radius 3 is 2.69 bits per heavy atom. The van der Waals surface area contributed by atoms with E-state index in [9.17, 15) is 9.90 Å². The van der Waals surface area contributed by atoms with Crippen molar-refractivity contribution in [1.29, 1.82) is 0 Å². The normalized spacial score (nSPS) is 17.6. The molecule has 1 aromatic rings. The molecule has 2 rings (SSSR count). The molecule has 1 aliphatic carbocycles. The van der Waals surface area contributed by atoms with E-state index in [0.29, 0.717) is 11.5 Å². The highest BCUT2D eigenvalue weighted by atomic mass is 16.5. The molecule has 1 aliphatic rings. The smallest absolute Gasteiger partial charge is 0.339 e. The molecule has 0 amide bonds. The second-order valence-corrected chi connectivity index (χ2v) is 4.18. The van der Waals surface area contributed by atoms with Crippen LogP contribution in [-0.2, 0) is 9.53 Å². The number of carbonyl (C=O) groups excluding carboxylic acids is 1. The number of carbonyl (C=O) groups is 1. The summed E-state index contributed by atoms with van der Waals surface area (Å²) >= 11 is 0. The predicted molar refractivity (Wildman–Crippen MR) is 60.0 cm³/mol. The Morgan fingerprint density at radius 2 is 2.12 bits per heavy atom. The highest BCUT2D eigenvalue weighted by Gasteiger charge is 2.27. The minimum Gasteiger partial charge on any atom is -0.467 e. The molecule has 0 radical (unpaired) electrons. The number of hydrogen-bond donors (Lipinski definition) is 1. The third-order valence-electron chi connectivity index (χ3n) is 3.26. The fourth-order valence-corrected chi connectivity index (χ4v) is 2.09. The maximum atomic E-state index is 11.3. The summed E-state index contributed by atoms with van der Waals surface area (Å²) in [6, 6.07) is 7.57. The van der Waals surface area contributed by atoms with E-state index >= 15 is 0 Å². The van der Waals surface area contributed by atoms with Gasteiger partial charge in [0.05, 0.1) is 7.11 Å². The van der Waals surface area contributed by atoms with Crippen LogP contribution in [-0.4, -0.2) is 18.2 Å². The Hall–Kier alpha value is -1.35. The van der Waals surface area contributed by atoms with Crippen LogP contribution >= 0.6 is 0 Å². The zero-order valence-corrected chi connectivity index (χ0v) is 9.35. The number of ether oxygens (including phenoxy) is 1. The van der Waals surface area contributed by atoms with Crippen LogP contribution in [0.5, 0.6) is 0 Å². The van der Waals surface area contributed by atoms with Crippen LogP contribution < -0.4 is 0 Å². The van der Waals surface area contributed by atoms with E-state index in [1.165, 1.54) is 13.5 Å². The summed E-state index contributed by atoms with van der Waals surface area (Å²) in [4.78, 5) is 11.3. The standard InChI is InChI=1S/C13H16O3/c1-16-13(15)12(14)11-8-3-2-7-10(11)9-5-4-6-9/h2-3,7-9,12,14H,4-6H2,1H3. The Kier molecular flexibility index (Phi) is 3.25. The van der Waals surface area contributed by atoms with E-state index in [0.717, 1.165) is 18.4 Å². The first-order chi connectivity index (χ1) is 7.74. The van der Waals surface area contributed by atoms with Crippen LogP contribution in [0.2, 0.25) is 0 Å². The molecule has 1 N–H and O–H groups in total. The van der Waals surface area contributed by atoms with Crippen molar-refractivity contribution < 1.29 is 14.6 Å². The second-order valence-electron chi connectivity index (χ2n) is 4.18. The van der Waals surface area contributed by atoms with E-state index in [-0.39, 0.29) is 0 Å². The van der Waals surface area contributed by atoms with E-state index in [1.54, 1.807) is 6.07 Å². The van der Waals surface area contributed by atoms with Crippen molar-refractivity contribution in [2.45, 2.75) is 31.3 Å². The molecule has 0 bridgehead atoms. The Bertz CT molecular complexity index is 383. The first-order valence-electron chi connectivity index (χ1n) is 5.58. The van der Waals surface area contributed by atoms with Gasteiger partial charge in [-0.1, -0.05) is 30.7 Å². The fraction of sp³-hybridized carbons (Fsp3) is 0.462. The molecule has 0 aromatic heterocycles. The molecule has 1 unspecified atom stereocenters. The lowest BCUT2D eigenvalue weighted by molar-refractivity contribution is -0.150. The SMILES string of the molecule is COC(=O)C(O)c1ccccc1C1CCC1. The van der Waals surface area contributed by atoms with Gasteiger partial charge < -0.3 is 9.84 Å². The minimum atomic E-state index is -1.15. The number of esters is 1. The van der Waals surface area contributed by atoms with Crippen LogP contribution in [0.1, 0.15) is 42.4 Å². The maximum absolute atomic E-state index is 11.3. The number of methoxy groups -OCH3 is 1. The molecule has 1 aromatic carbocycles. The number of rotatable bonds is 3. The van der Waals surface area contributed by atoms with Crippen molar-refractivity contribution in [3.8, 4) is 0 Å². The molecular formula is C13H16O3.